The first-order valence-corrected chi connectivity index (χ1v) is 23.3. The van der Waals surface area contributed by atoms with Gasteiger partial charge in [-0.2, -0.15) is 0 Å². The molecule has 0 spiro atoms. The summed E-state index contributed by atoms with van der Waals surface area (Å²) in [5, 5.41) is 5.20. The van der Waals surface area contributed by atoms with Crippen LogP contribution in [0.4, 0.5) is 0 Å². The molecule has 0 saturated heterocycles. The zero-order valence-corrected chi connectivity index (χ0v) is 30.1. The Kier molecular flexibility index (Phi) is 9.89. The number of halogens is 2. The molecule has 6 aromatic carbocycles. The number of benzene rings is 6. The van der Waals surface area contributed by atoms with Crippen LogP contribution >= 0.6 is 0 Å². The molecule has 0 aliphatic heterocycles. The van der Waals surface area contributed by atoms with Crippen molar-refractivity contribution in [3.8, 4) is 22.3 Å². The van der Waals surface area contributed by atoms with Gasteiger partial charge in [0.25, 0.3) is 0 Å². The van der Waals surface area contributed by atoms with Crippen molar-refractivity contribution in [3.63, 3.8) is 0 Å². The van der Waals surface area contributed by atoms with Crippen LogP contribution in [-0.2, 0) is 20.3 Å². The molecule has 0 fully saturated rings. The topological polar surface area (TPSA) is 0 Å². The first-order valence-electron chi connectivity index (χ1n) is 15.5. The van der Waals surface area contributed by atoms with Gasteiger partial charge < -0.3 is 24.8 Å². The summed E-state index contributed by atoms with van der Waals surface area (Å²) >= 11 is -2.92. The van der Waals surface area contributed by atoms with Crippen LogP contribution in [0.1, 0.15) is 43.4 Å². The third kappa shape index (κ3) is 5.52. The Balaban J connectivity index is 0.00000139. The van der Waals surface area contributed by atoms with Crippen molar-refractivity contribution in [2.45, 2.75) is 30.4 Å². The van der Waals surface area contributed by atoms with E-state index in [9.17, 15) is 0 Å². The van der Waals surface area contributed by atoms with Crippen LogP contribution in [0, 0.1) is 0 Å². The monoisotopic (exact) mass is 732 g/mol. The molecule has 230 valence electrons. The summed E-state index contributed by atoms with van der Waals surface area (Å²) < 4.78 is 6.50. The number of hydrogen-bond acceptors (Lipinski definition) is 0. The zero-order valence-electron chi connectivity index (χ0n) is 26.1. The molecule has 2 aliphatic rings. The van der Waals surface area contributed by atoms with E-state index < -0.39 is 20.3 Å². The Hall–Kier alpha value is -3.00. The molecule has 8 rings (SSSR count). The molecule has 0 amide bonds. The maximum absolute atomic E-state index is 2.92. The second kappa shape index (κ2) is 13.2. The Bertz CT molecular complexity index is 2010. The number of rotatable bonds is 4. The molecule has 0 N–H and O–H groups in total. The van der Waals surface area contributed by atoms with Crippen molar-refractivity contribution >= 4 is 44.7 Å². The quantitative estimate of drug-likeness (QED) is 0.230. The van der Waals surface area contributed by atoms with Crippen LogP contribution in [-0.4, -0.2) is 11.0 Å². The smallest absolute Gasteiger partial charge is 0.0149 e. The predicted octanol–water partition coefficient (Wildman–Crippen LogP) is 4.75. The second-order valence-electron chi connectivity index (χ2n) is 13.2. The number of allylic oxidation sites excluding steroid dienone is 2. The maximum atomic E-state index is 2.70. The van der Waals surface area contributed by atoms with Gasteiger partial charge >= 0.3 is 261 Å². The molecular weight excluding hydrogens is 695 g/mol. The summed E-state index contributed by atoms with van der Waals surface area (Å²) in [7, 11) is 0. The minimum Gasteiger partial charge on any atom is -1.00 e. The summed E-state index contributed by atoms with van der Waals surface area (Å²) in [5.74, 6) is 0. The van der Waals surface area contributed by atoms with Gasteiger partial charge in [0.2, 0.25) is 0 Å². The fourth-order valence-electron chi connectivity index (χ4n) is 8.46. The van der Waals surface area contributed by atoms with E-state index in [0.29, 0.717) is 7.25 Å². The third-order valence-corrected chi connectivity index (χ3v) is 21.2. The SMILES string of the molecule is CC1=Cc2c(-c3ccc4ccccc4c3)cccc2[CH]1[Zr+2]([CH3])([CH3])[CH]1C(C)=Cc2c(-c3ccc4ccccc4c3)cccc21.[Cl-].[Cl-].[SiH4]. The first kappa shape index (κ1) is 34.3. The molecule has 2 atom stereocenters. The largest absolute Gasteiger partial charge is 1.00 e. The van der Waals surface area contributed by atoms with E-state index in [2.05, 4.69) is 157 Å². The van der Waals surface area contributed by atoms with Crippen LogP contribution in [0.2, 0.25) is 9.26 Å². The summed E-state index contributed by atoms with van der Waals surface area (Å²) in [6, 6.07) is 45.4. The molecule has 0 bridgehead atoms. The molecule has 6 aromatic rings. The van der Waals surface area contributed by atoms with E-state index in [1.165, 1.54) is 54.9 Å². The van der Waals surface area contributed by atoms with Crippen molar-refractivity contribution in [3.05, 3.63) is 155 Å². The van der Waals surface area contributed by atoms with Gasteiger partial charge in [0.1, 0.15) is 0 Å². The molecule has 46 heavy (non-hydrogen) atoms. The Morgan fingerprint density at radius 2 is 0.848 bits per heavy atom. The molecule has 0 aromatic heterocycles. The normalized spacial score (nSPS) is 16.1. The van der Waals surface area contributed by atoms with Crippen LogP contribution in [0.5, 0.6) is 0 Å². The molecule has 0 nitrogen and oxygen atoms in total. The van der Waals surface area contributed by atoms with Crippen LogP contribution in [0.15, 0.2) is 132 Å². The molecule has 0 heterocycles. The van der Waals surface area contributed by atoms with Gasteiger partial charge in [-0.15, -0.1) is 0 Å². The Morgan fingerprint density at radius 1 is 0.457 bits per heavy atom. The van der Waals surface area contributed by atoms with Crippen LogP contribution in [0.3, 0.4) is 0 Å². The van der Waals surface area contributed by atoms with E-state index >= 15 is 0 Å². The van der Waals surface area contributed by atoms with E-state index in [1.54, 1.807) is 22.3 Å². The van der Waals surface area contributed by atoms with E-state index in [-0.39, 0.29) is 35.8 Å². The minimum atomic E-state index is -2.92. The molecule has 0 radical (unpaired) electrons. The van der Waals surface area contributed by atoms with Crippen molar-refractivity contribution in [1.29, 1.82) is 0 Å². The van der Waals surface area contributed by atoms with Gasteiger partial charge in [-0.1, -0.05) is 0 Å². The molecule has 4 heteroatoms. The van der Waals surface area contributed by atoms with Gasteiger partial charge in [-0.3, -0.25) is 0 Å². The average molecular weight is 735 g/mol. The average Bonchev–Trinajstić information content (AvgIpc) is 3.56. The summed E-state index contributed by atoms with van der Waals surface area (Å²) in [4.78, 5) is 0. The fraction of sp³-hybridized carbons (Fsp3) is 0.143. The Morgan fingerprint density at radius 3 is 1.26 bits per heavy atom. The summed E-state index contributed by atoms with van der Waals surface area (Å²) in [6.07, 6.45) is 5.03. The van der Waals surface area contributed by atoms with Gasteiger partial charge in [0.15, 0.2) is 0 Å². The van der Waals surface area contributed by atoms with E-state index in [0.717, 1.165) is 0 Å². The van der Waals surface area contributed by atoms with Gasteiger partial charge in [0, 0.05) is 0 Å². The zero-order chi connectivity index (χ0) is 29.3. The van der Waals surface area contributed by atoms with Crippen molar-refractivity contribution < 1.29 is 45.1 Å². The van der Waals surface area contributed by atoms with E-state index in [1.807, 2.05) is 0 Å². The van der Waals surface area contributed by atoms with Crippen LogP contribution in [0.25, 0.3) is 56.0 Å². The standard InChI is InChI=1S/2C20H15.2CH3.2ClH.H4Si.Zr/c2*1-14-11-17-7-4-8-19(20(17)12-14)18-10-9-15-5-2-3-6-16(15)13-18;;;;;;/h2*2-13H,1H3;2*1H3;2*1H;1H4;/q;;;;;;;+2/p-2. The summed E-state index contributed by atoms with van der Waals surface area (Å²) in [5.41, 5.74) is 14.4. The first-order chi connectivity index (χ1) is 20.9. The van der Waals surface area contributed by atoms with Crippen molar-refractivity contribution in [2.75, 3.05) is 0 Å². The predicted molar refractivity (Wildman–Crippen MR) is 195 cm³/mol. The van der Waals surface area contributed by atoms with E-state index in [4.69, 9.17) is 0 Å². The number of fused-ring (bicyclic) bond motifs is 4. The minimum absolute atomic E-state index is 0. The number of hydrogen-bond donors (Lipinski definition) is 0. The van der Waals surface area contributed by atoms with Crippen molar-refractivity contribution in [2.24, 2.45) is 0 Å². The molecule has 2 aliphatic carbocycles. The third-order valence-electron chi connectivity index (χ3n) is 10.2. The van der Waals surface area contributed by atoms with Crippen molar-refractivity contribution in [1.82, 2.24) is 0 Å². The van der Waals surface area contributed by atoms with Crippen LogP contribution < -0.4 is 24.8 Å². The maximum Gasteiger partial charge on any atom is -0.0149 e. The molecule has 2 unspecified atom stereocenters. The fourth-order valence-corrected chi connectivity index (χ4v) is 20.6. The van der Waals surface area contributed by atoms with Gasteiger partial charge in [-0.25, -0.2) is 0 Å². The molecular formula is C42H40Cl2SiZr. The van der Waals surface area contributed by atoms with Gasteiger partial charge in [-0.05, 0) is 11.0 Å². The Labute approximate surface area is 294 Å². The molecule has 0 saturated carbocycles. The summed E-state index contributed by atoms with van der Waals surface area (Å²) in [6.45, 7) is 4.79. The van der Waals surface area contributed by atoms with Gasteiger partial charge in [0.05, 0.1) is 0 Å². The second-order valence-corrected chi connectivity index (χ2v) is 25.0.